The summed E-state index contributed by atoms with van der Waals surface area (Å²) in [4.78, 5) is 31.3. The summed E-state index contributed by atoms with van der Waals surface area (Å²) in [5.74, 6) is 0.703. The van der Waals surface area contributed by atoms with E-state index in [2.05, 4.69) is 9.97 Å². The van der Waals surface area contributed by atoms with E-state index in [1.165, 1.54) is 0 Å². The maximum absolute atomic E-state index is 12.2. The lowest BCUT2D eigenvalue weighted by molar-refractivity contribution is 0.00695. The molecule has 1 atom stereocenters. The Labute approximate surface area is 173 Å². The third-order valence-corrected chi connectivity index (χ3v) is 4.51. The first-order chi connectivity index (χ1) is 13.5. The zero-order valence-corrected chi connectivity index (χ0v) is 17.8. The number of carbonyl (C=O) groups excluding carboxylic acids is 1. The monoisotopic (exact) mass is 414 g/mol. The van der Waals surface area contributed by atoms with Gasteiger partial charge in [0.15, 0.2) is 0 Å². The number of ether oxygens (including phenoxy) is 2. The number of nitrogens with one attached hydrogen (secondary N) is 1. The maximum atomic E-state index is 12.2. The summed E-state index contributed by atoms with van der Waals surface area (Å²) < 4.78 is 11.3. The number of esters is 1. The number of H-pyrrole nitrogens is 1. The number of benzene rings is 2. The Hall–Kier alpha value is -2.86. The van der Waals surface area contributed by atoms with Crippen molar-refractivity contribution in [2.75, 3.05) is 0 Å². The van der Waals surface area contributed by atoms with Crippen molar-refractivity contribution in [1.82, 2.24) is 9.97 Å². The van der Waals surface area contributed by atoms with Gasteiger partial charge in [-0.15, -0.1) is 0 Å². The molecule has 1 unspecified atom stereocenters. The molecule has 2 aromatic carbocycles. The van der Waals surface area contributed by atoms with Gasteiger partial charge in [-0.1, -0.05) is 11.6 Å². The molecule has 1 N–H and O–H groups in total. The molecule has 3 aromatic rings. The molecule has 152 valence electrons. The van der Waals surface area contributed by atoms with E-state index < -0.39 is 17.7 Å². The van der Waals surface area contributed by atoms with Crippen molar-refractivity contribution in [2.24, 2.45) is 0 Å². The van der Waals surface area contributed by atoms with Crippen LogP contribution in [0, 0.1) is 6.92 Å². The van der Waals surface area contributed by atoms with Gasteiger partial charge in [0.2, 0.25) is 0 Å². The van der Waals surface area contributed by atoms with Crippen LogP contribution in [0.5, 0.6) is 5.75 Å². The van der Waals surface area contributed by atoms with E-state index in [0.29, 0.717) is 38.6 Å². The number of aryl methyl sites for hydroxylation is 1. The number of hydrogen-bond acceptors (Lipinski definition) is 5. The van der Waals surface area contributed by atoms with E-state index >= 15 is 0 Å². The Morgan fingerprint density at radius 2 is 1.83 bits per heavy atom. The summed E-state index contributed by atoms with van der Waals surface area (Å²) in [6.07, 6.45) is -0.417. The van der Waals surface area contributed by atoms with Gasteiger partial charge in [0.1, 0.15) is 23.3 Å². The van der Waals surface area contributed by atoms with Crippen LogP contribution in [-0.2, 0) is 4.74 Å². The van der Waals surface area contributed by atoms with Gasteiger partial charge in [-0.25, -0.2) is 9.78 Å². The highest BCUT2D eigenvalue weighted by Crippen LogP contribution is 2.30. The van der Waals surface area contributed by atoms with Crippen LogP contribution in [0.4, 0.5) is 0 Å². The number of carbonyl (C=O) groups is 1. The second kappa shape index (κ2) is 7.87. The zero-order chi connectivity index (χ0) is 21.3. The van der Waals surface area contributed by atoms with Crippen LogP contribution in [0.3, 0.4) is 0 Å². The molecule has 1 heterocycles. The third-order valence-electron chi connectivity index (χ3n) is 4.18. The minimum absolute atomic E-state index is 0.223. The first-order valence-corrected chi connectivity index (χ1v) is 9.61. The first-order valence-electron chi connectivity index (χ1n) is 9.23. The molecule has 1 aromatic heterocycles. The fraction of sp³-hybridized carbons (Fsp3) is 0.318. The van der Waals surface area contributed by atoms with Gasteiger partial charge >= 0.3 is 5.97 Å². The zero-order valence-electron chi connectivity index (χ0n) is 17.0. The number of hydrogen-bond donors (Lipinski definition) is 1. The Bertz CT molecular complexity index is 1110. The van der Waals surface area contributed by atoms with Crippen LogP contribution in [-0.4, -0.2) is 21.5 Å². The molecule has 3 rings (SSSR count). The van der Waals surface area contributed by atoms with Crippen molar-refractivity contribution < 1.29 is 14.3 Å². The Morgan fingerprint density at radius 3 is 2.45 bits per heavy atom. The SMILES string of the molecule is Cc1nc2cc(Cl)c(C(C)Oc3ccc(C(=O)OC(C)(C)C)cc3)cc2c(=O)[nH]1. The van der Waals surface area contributed by atoms with Crippen molar-refractivity contribution in [1.29, 1.82) is 0 Å². The molecule has 0 amide bonds. The summed E-state index contributed by atoms with van der Waals surface area (Å²) in [7, 11) is 0. The summed E-state index contributed by atoms with van der Waals surface area (Å²) in [5, 5.41) is 0.915. The highest BCUT2D eigenvalue weighted by Gasteiger charge is 2.19. The molecule has 0 aliphatic rings. The molecule has 0 radical (unpaired) electrons. The molecule has 7 heteroatoms. The number of nitrogens with zero attached hydrogens (tertiary/aromatic N) is 1. The van der Waals surface area contributed by atoms with Gasteiger partial charge in [-0.05, 0) is 71.0 Å². The number of aromatic amines is 1. The molecule has 6 nitrogen and oxygen atoms in total. The highest BCUT2D eigenvalue weighted by atomic mass is 35.5. The fourth-order valence-corrected chi connectivity index (χ4v) is 3.19. The van der Waals surface area contributed by atoms with E-state index in [-0.39, 0.29) is 5.56 Å². The van der Waals surface area contributed by atoms with Crippen LogP contribution in [0.15, 0.2) is 41.2 Å². The molecule has 0 saturated heterocycles. The standard InChI is InChI=1S/C22H23ClN2O4/c1-12(16-10-17-19(11-18(16)23)24-13(2)25-20(17)26)28-15-8-6-14(7-9-15)21(27)29-22(3,4)5/h6-12H,1-5H3,(H,24,25,26). The van der Waals surface area contributed by atoms with E-state index in [4.69, 9.17) is 21.1 Å². The van der Waals surface area contributed by atoms with Crippen LogP contribution in [0.1, 0.15) is 55.5 Å². The predicted octanol–water partition coefficient (Wildman–Crippen LogP) is 4.98. The number of halogens is 1. The summed E-state index contributed by atoms with van der Waals surface area (Å²) in [6.45, 7) is 9.01. The lowest BCUT2D eigenvalue weighted by atomic mass is 10.1. The predicted molar refractivity (Wildman–Crippen MR) is 113 cm³/mol. The minimum Gasteiger partial charge on any atom is -0.486 e. The topological polar surface area (TPSA) is 81.3 Å². The van der Waals surface area contributed by atoms with Crippen molar-refractivity contribution in [3.05, 3.63) is 68.7 Å². The summed E-state index contributed by atoms with van der Waals surface area (Å²) in [6, 6.07) is 10.1. The Morgan fingerprint density at radius 1 is 1.17 bits per heavy atom. The van der Waals surface area contributed by atoms with Gasteiger partial charge in [0, 0.05) is 10.6 Å². The highest BCUT2D eigenvalue weighted by molar-refractivity contribution is 6.32. The normalized spacial score (nSPS) is 12.6. The van der Waals surface area contributed by atoms with Crippen LogP contribution < -0.4 is 10.3 Å². The molecule has 0 spiro atoms. The van der Waals surface area contributed by atoms with E-state index in [1.54, 1.807) is 43.3 Å². The second-order valence-corrected chi connectivity index (χ2v) is 8.24. The number of fused-ring (bicyclic) bond motifs is 1. The molecular formula is C22H23ClN2O4. The number of rotatable bonds is 4. The van der Waals surface area contributed by atoms with E-state index in [0.717, 1.165) is 0 Å². The molecular weight excluding hydrogens is 392 g/mol. The summed E-state index contributed by atoms with van der Waals surface area (Å²) in [5.41, 5.74) is 0.871. The van der Waals surface area contributed by atoms with Gasteiger partial charge in [-0.2, -0.15) is 0 Å². The molecule has 0 aliphatic carbocycles. The molecule has 0 fully saturated rings. The Balaban J connectivity index is 1.81. The molecule has 0 saturated carbocycles. The second-order valence-electron chi connectivity index (χ2n) is 7.83. The Kier molecular flexibility index (Phi) is 5.66. The number of aromatic nitrogens is 2. The van der Waals surface area contributed by atoms with Gasteiger partial charge in [0.25, 0.3) is 5.56 Å². The van der Waals surface area contributed by atoms with Crippen molar-refractivity contribution >= 4 is 28.5 Å². The van der Waals surface area contributed by atoms with Crippen LogP contribution >= 0.6 is 11.6 Å². The lowest BCUT2D eigenvalue weighted by Crippen LogP contribution is -2.23. The van der Waals surface area contributed by atoms with Crippen LogP contribution in [0.25, 0.3) is 10.9 Å². The van der Waals surface area contributed by atoms with Gasteiger partial charge in [0.05, 0.1) is 16.5 Å². The first kappa shape index (κ1) is 20.9. The van der Waals surface area contributed by atoms with Gasteiger partial charge in [-0.3, -0.25) is 4.79 Å². The van der Waals surface area contributed by atoms with Crippen molar-refractivity contribution in [3.8, 4) is 5.75 Å². The van der Waals surface area contributed by atoms with E-state index in [1.807, 2.05) is 27.7 Å². The average Bonchev–Trinajstić information content (AvgIpc) is 2.60. The van der Waals surface area contributed by atoms with Crippen molar-refractivity contribution in [3.63, 3.8) is 0 Å². The maximum Gasteiger partial charge on any atom is 0.338 e. The lowest BCUT2D eigenvalue weighted by Gasteiger charge is -2.20. The average molecular weight is 415 g/mol. The largest absolute Gasteiger partial charge is 0.486 e. The van der Waals surface area contributed by atoms with Crippen LogP contribution in [0.2, 0.25) is 5.02 Å². The molecule has 29 heavy (non-hydrogen) atoms. The smallest absolute Gasteiger partial charge is 0.338 e. The van der Waals surface area contributed by atoms with E-state index in [9.17, 15) is 9.59 Å². The summed E-state index contributed by atoms with van der Waals surface area (Å²) >= 11 is 6.40. The quantitative estimate of drug-likeness (QED) is 0.609. The van der Waals surface area contributed by atoms with Gasteiger partial charge < -0.3 is 14.5 Å². The third kappa shape index (κ3) is 4.95. The molecule has 0 bridgehead atoms. The minimum atomic E-state index is -0.557. The fourth-order valence-electron chi connectivity index (χ4n) is 2.88. The molecule has 0 aliphatic heterocycles. The van der Waals surface area contributed by atoms with Crippen molar-refractivity contribution in [2.45, 2.75) is 46.3 Å².